The predicted octanol–water partition coefficient (Wildman–Crippen LogP) is 8.39. The molecule has 0 unspecified atom stereocenters. The summed E-state index contributed by atoms with van der Waals surface area (Å²) >= 11 is 3.54. The fourth-order valence-corrected chi connectivity index (χ4v) is 7.64. The van der Waals surface area contributed by atoms with E-state index in [1.165, 1.54) is 25.2 Å². The van der Waals surface area contributed by atoms with Crippen molar-refractivity contribution in [3.8, 4) is 0 Å². The zero-order valence-corrected chi connectivity index (χ0v) is 35.8. The van der Waals surface area contributed by atoms with E-state index in [1.807, 2.05) is 75.6 Å². The van der Waals surface area contributed by atoms with Crippen LogP contribution in [0.5, 0.6) is 0 Å². The Balaban J connectivity index is 0.000000210. The molecule has 12 nitrogen and oxygen atoms in total. The van der Waals surface area contributed by atoms with Crippen LogP contribution >= 0.6 is 15.9 Å². The van der Waals surface area contributed by atoms with Gasteiger partial charge in [-0.15, -0.1) is 0 Å². The second kappa shape index (κ2) is 19.1. The zero-order chi connectivity index (χ0) is 40.7. The van der Waals surface area contributed by atoms with Gasteiger partial charge in [-0.2, -0.15) is 0 Å². The number of Topliss-reactive ketones (excluding diaryl/α,β-unsaturated/α-hetero) is 1. The van der Waals surface area contributed by atoms with Gasteiger partial charge in [0.15, 0.2) is 5.78 Å². The fourth-order valence-electron chi connectivity index (χ4n) is 7.23. The molecule has 0 aliphatic carbocycles. The van der Waals surface area contributed by atoms with Gasteiger partial charge in [0, 0.05) is 37.1 Å². The Morgan fingerprint density at radius 3 is 1.60 bits per heavy atom. The number of hydrogen-bond donors (Lipinski definition) is 0. The topological polar surface area (TPSA) is 124 Å². The SMILES string of the molecule is CC(=O)c1ccc2c(c1)CCO[C@@H]2[C@@H]1CCCN1C(=O)OC(C)(C)C.CC(C)(C)OC(=O)N1CCC[C@H]1[C@H]1OCCc2cc(Br)ccc21.CON(C)C(C)=O. The van der Waals surface area contributed by atoms with E-state index in [0.717, 1.165) is 71.3 Å². The van der Waals surface area contributed by atoms with Crippen LogP contribution in [0.15, 0.2) is 40.9 Å². The van der Waals surface area contributed by atoms with Gasteiger partial charge in [0.25, 0.3) is 0 Å². The lowest BCUT2D eigenvalue weighted by molar-refractivity contribution is -0.165. The van der Waals surface area contributed by atoms with Crippen molar-refractivity contribution in [1.82, 2.24) is 14.9 Å². The lowest BCUT2D eigenvalue weighted by Crippen LogP contribution is -2.44. The van der Waals surface area contributed by atoms with Crippen molar-refractivity contribution in [2.45, 2.75) is 129 Å². The highest BCUT2D eigenvalue weighted by Crippen LogP contribution is 2.39. The predicted molar refractivity (Wildman–Crippen MR) is 213 cm³/mol. The Morgan fingerprint density at radius 1 is 0.745 bits per heavy atom. The van der Waals surface area contributed by atoms with E-state index in [2.05, 4.69) is 32.9 Å². The molecule has 2 saturated heterocycles. The first-order valence-corrected chi connectivity index (χ1v) is 20.0. The Morgan fingerprint density at radius 2 is 1.20 bits per heavy atom. The zero-order valence-electron chi connectivity index (χ0n) is 34.2. The monoisotopic (exact) mass is 829 g/mol. The molecule has 0 bridgehead atoms. The van der Waals surface area contributed by atoms with Crippen molar-refractivity contribution in [2.75, 3.05) is 40.5 Å². The maximum Gasteiger partial charge on any atom is 0.410 e. The van der Waals surface area contributed by atoms with Gasteiger partial charge < -0.3 is 28.7 Å². The van der Waals surface area contributed by atoms with Gasteiger partial charge in [-0.25, -0.2) is 14.7 Å². The average Bonchev–Trinajstić information content (AvgIpc) is 3.80. The highest BCUT2D eigenvalue weighted by molar-refractivity contribution is 9.10. The smallest absolute Gasteiger partial charge is 0.410 e. The molecule has 4 aliphatic heterocycles. The quantitative estimate of drug-likeness (QED) is 0.221. The first kappa shape index (κ1) is 44.2. The summed E-state index contributed by atoms with van der Waals surface area (Å²) in [5.74, 6) is -0.0235. The second-order valence-electron chi connectivity index (χ2n) is 16.4. The molecule has 2 fully saturated rings. The van der Waals surface area contributed by atoms with Crippen LogP contribution in [0.25, 0.3) is 0 Å². The summed E-state index contributed by atoms with van der Waals surface area (Å²) in [6, 6.07) is 12.2. The summed E-state index contributed by atoms with van der Waals surface area (Å²) in [6.07, 6.45) is 4.81. The van der Waals surface area contributed by atoms with Crippen LogP contribution < -0.4 is 0 Å². The largest absolute Gasteiger partial charge is 0.444 e. The van der Waals surface area contributed by atoms with E-state index in [9.17, 15) is 19.2 Å². The Kier molecular flexibility index (Phi) is 15.3. The molecule has 304 valence electrons. The molecule has 0 spiro atoms. The van der Waals surface area contributed by atoms with Crippen molar-refractivity contribution in [3.63, 3.8) is 0 Å². The van der Waals surface area contributed by atoms with E-state index in [-0.39, 0.29) is 48.2 Å². The number of likely N-dealkylation sites (tertiary alicyclic amines) is 2. The number of hydroxylamine groups is 2. The molecule has 0 aromatic heterocycles. The van der Waals surface area contributed by atoms with Crippen molar-refractivity contribution in [1.29, 1.82) is 0 Å². The number of amides is 3. The number of fused-ring (bicyclic) bond motifs is 2. The van der Waals surface area contributed by atoms with Crippen molar-refractivity contribution < 1.29 is 43.0 Å². The summed E-state index contributed by atoms with van der Waals surface area (Å²) in [5.41, 5.74) is 4.52. The average molecular weight is 831 g/mol. The van der Waals surface area contributed by atoms with Crippen LogP contribution in [0.2, 0.25) is 0 Å². The molecule has 55 heavy (non-hydrogen) atoms. The van der Waals surface area contributed by atoms with E-state index in [4.69, 9.17) is 18.9 Å². The molecule has 4 heterocycles. The molecule has 4 atom stereocenters. The van der Waals surface area contributed by atoms with E-state index in [1.54, 1.807) is 14.0 Å². The van der Waals surface area contributed by atoms with Crippen LogP contribution in [0.3, 0.4) is 0 Å². The lowest BCUT2D eigenvalue weighted by atomic mass is 9.90. The summed E-state index contributed by atoms with van der Waals surface area (Å²) < 4.78 is 24.4. The first-order valence-electron chi connectivity index (χ1n) is 19.2. The number of carbonyl (C=O) groups excluding carboxylic acids is 4. The number of ether oxygens (including phenoxy) is 4. The molecule has 2 aromatic carbocycles. The molecule has 13 heteroatoms. The molecule has 4 aliphatic rings. The third kappa shape index (κ3) is 12.2. The van der Waals surface area contributed by atoms with Crippen LogP contribution in [0, 0.1) is 0 Å². The number of nitrogens with zero attached hydrogens (tertiary/aromatic N) is 3. The fraction of sp³-hybridized carbons (Fsp3) is 0.619. The number of halogens is 1. The second-order valence-corrected chi connectivity index (χ2v) is 17.3. The number of rotatable bonds is 4. The first-order chi connectivity index (χ1) is 25.8. The molecule has 2 aromatic rings. The van der Waals surface area contributed by atoms with Gasteiger partial charge in [0.05, 0.1) is 32.4 Å². The number of hydrogen-bond acceptors (Lipinski definition) is 9. The summed E-state index contributed by atoms with van der Waals surface area (Å²) in [7, 11) is 3.00. The summed E-state index contributed by atoms with van der Waals surface area (Å²) in [5, 5.41) is 1.15. The van der Waals surface area contributed by atoms with Crippen LogP contribution in [0.1, 0.15) is 126 Å². The van der Waals surface area contributed by atoms with Gasteiger partial charge >= 0.3 is 12.2 Å². The minimum atomic E-state index is -0.508. The van der Waals surface area contributed by atoms with E-state index < -0.39 is 11.2 Å². The maximum absolute atomic E-state index is 12.6. The number of ketones is 1. The van der Waals surface area contributed by atoms with Gasteiger partial charge in [0.1, 0.15) is 23.4 Å². The highest BCUT2D eigenvalue weighted by Gasteiger charge is 2.41. The highest BCUT2D eigenvalue weighted by atomic mass is 79.9. The Bertz CT molecular complexity index is 1670. The summed E-state index contributed by atoms with van der Waals surface area (Å²) in [6.45, 7) is 17.1. The third-order valence-corrected chi connectivity index (χ3v) is 10.4. The van der Waals surface area contributed by atoms with Gasteiger partial charge in [-0.3, -0.25) is 14.4 Å². The number of benzene rings is 2. The molecule has 6 rings (SSSR count). The van der Waals surface area contributed by atoms with E-state index in [0.29, 0.717) is 19.8 Å². The molecule has 0 N–H and O–H groups in total. The minimum Gasteiger partial charge on any atom is -0.444 e. The molecule has 0 saturated carbocycles. The number of carbonyl (C=O) groups is 4. The van der Waals surface area contributed by atoms with Crippen LogP contribution in [-0.2, 0) is 41.4 Å². The molecule has 3 amide bonds. The lowest BCUT2D eigenvalue weighted by Gasteiger charge is -2.36. The van der Waals surface area contributed by atoms with Gasteiger partial charge in [-0.05, 0) is 127 Å². The van der Waals surface area contributed by atoms with Crippen LogP contribution in [-0.4, -0.2) is 102 Å². The minimum absolute atomic E-state index is 0.0166. The normalized spacial score (nSPS) is 21.9. The molecular formula is C42H60BrN3O9. The maximum atomic E-state index is 12.6. The van der Waals surface area contributed by atoms with Gasteiger partial charge in [-0.1, -0.05) is 34.1 Å². The van der Waals surface area contributed by atoms with E-state index >= 15 is 0 Å². The van der Waals surface area contributed by atoms with Gasteiger partial charge in [0.2, 0.25) is 5.91 Å². The molecule has 0 radical (unpaired) electrons. The standard InChI is InChI=1S/C20H27NO4.C18H24BrNO3.C4H9NO2/c1-13(22)14-7-8-16-15(12-14)9-11-24-18(16)17-6-5-10-21(17)19(23)25-20(2,3)4;1-18(2,3)23-17(21)20-9-4-5-15(20)16-14-7-6-13(19)11-12(14)8-10-22-16;1-4(6)5(2)7-3/h7-8,12,17-18H,5-6,9-11H2,1-4H3;6-7,11,15-16H,4-5,8-10H2,1-3H3;1-3H3/t17-,18-;15-,16-;/m00./s1. The summed E-state index contributed by atoms with van der Waals surface area (Å²) in [4.78, 5) is 55.1. The van der Waals surface area contributed by atoms with Crippen molar-refractivity contribution in [2.24, 2.45) is 0 Å². The Labute approximate surface area is 335 Å². The van der Waals surface area contributed by atoms with Crippen molar-refractivity contribution >= 4 is 39.8 Å². The Hall–Kier alpha value is -3.52. The third-order valence-electron chi connectivity index (χ3n) is 9.88. The molecular weight excluding hydrogens is 770 g/mol. The van der Waals surface area contributed by atoms with Crippen molar-refractivity contribution in [3.05, 3.63) is 68.7 Å². The van der Waals surface area contributed by atoms with Crippen LogP contribution in [0.4, 0.5) is 9.59 Å².